The van der Waals surface area contributed by atoms with Gasteiger partial charge in [0.1, 0.15) is 12.6 Å². The van der Waals surface area contributed by atoms with E-state index in [0.717, 1.165) is 16.2 Å². The molecule has 1 aliphatic rings. The number of nitriles is 1. The van der Waals surface area contributed by atoms with E-state index in [4.69, 9.17) is 0 Å². The van der Waals surface area contributed by atoms with Crippen LogP contribution in [0.4, 0.5) is 13.2 Å². The minimum absolute atomic E-state index is 0.135. The van der Waals surface area contributed by atoms with Crippen LogP contribution in [0.5, 0.6) is 0 Å². The van der Waals surface area contributed by atoms with Crippen molar-refractivity contribution >= 4 is 5.91 Å². The predicted molar refractivity (Wildman–Crippen MR) is 98.5 cm³/mol. The molecule has 1 aromatic carbocycles. The summed E-state index contributed by atoms with van der Waals surface area (Å²) in [4.78, 5) is 27.8. The van der Waals surface area contributed by atoms with Crippen LogP contribution in [0.3, 0.4) is 0 Å². The van der Waals surface area contributed by atoms with Gasteiger partial charge in [0, 0.05) is 38.4 Å². The van der Waals surface area contributed by atoms with Crippen molar-refractivity contribution in [1.29, 1.82) is 5.26 Å². The number of benzene rings is 1. The fraction of sp³-hybridized carbons (Fsp3) is 0.350. The smallest absolute Gasteiger partial charge is 0.337 e. The first-order chi connectivity index (χ1) is 13.8. The number of nitrogens with zero attached hydrogens (tertiary/aromatic N) is 4. The van der Waals surface area contributed by atoms with Gasteiger partial charge in [-0.05, 0) is 11.6 Å². The molecule has 2 aromatic rings. The summed E-state index contributed by atoms with van der Waals surface area (Å²) in [6, 6.07) is 12.7. The summed E-state index contributed by atoms with van der Waals surface area (Å²) in [5, 5.41) is 9.49. The standard InChI is InChI=1S/C20H19F3N4O2/c21-20(22,23)16-6-7-18(28)27(12-16)14-19(29)26-9-8-25(17(10-24)13-26)11-15-4-2-1-3-5-15/h1-7,12,17H,8-9,11,13-14H2. The van der Waals surface area contributed by atoms with Gasteiger partial charge in [-0.2, -0.15) is 18.4 Å². The van der Waals surface area contributed by atoms with Crippen LogP contribution in [0.1, 0.15) is 11.1 Å². The lowest BCUT2D eigenvalue weighted by molar-refractivity contribution is -0.139. The lowest BCUT2D eigenvalue weighted by Crippen LogP contribution is -2.54. The Kier molecular flexibility index (Phi) is 6.03. The van der Waals surface area contributed by atoms with Crippen molar-refractivity contribution in [2.24, 2.45) is 0 Å². The average molecular weight is 404 g/mol. The Balaban J connectivity index is 1.67. The normalized spacial score (nSPS) is 17.7. The Morgan fingerprint density at radius 2 is 1.86 bits per heavy atom. The number of pyridine rings is 1. The summed E-state index contributed by atoms with van der Waals surface area (Å²) in [5.74, 6) is -0.494. The van der Waals surface area contributed by atoms with Gasteiger partial charge in [0.25, 0.3) is 5.56 Å². The third kappa shape index (κ3) is 5.03. The maximum atomic E-state index is 12.9. The van der Waals surface area contributed by atoms with Gasteiger partial charge in [-0.1, -0.05) is 30.3 Å². The number of amides is 1. The Morgan fingerprint density at radius 1 is 1.14 bits per heavy atom. The summed E-state index contributed by atoms with van der Waals surface area (Å²) in [7, 11) is 0. The first-order valence-electron chi connectivity index (χ1n) is 9.01. The molecule has 1 aromatic heterocycles. The fourth-order valence-electron chi connectivity index (χ4n) is 3.24. The van der Waals surface area contributed by atoms with Gasteiger partial charge in [0.2, 0.25) is 5.91 Å². The number of rotatable bonds is 4. The molecule has 152 valence electrons. The molecule has 0 radical (unpaired) electrons. The predicted octanol–water partition coefficient (Wildman–Crippen LogP) is 2.10. The van der Waals surface area contributed by atoms with Crippen LogP contribution in [-0.2, 0) is 24.1 Å². The van der Waals surface area contributed by atoms with Crippen LogP contribution in [0.25, 0.3) is 0 Å². The molecular weight excluding hydrogens is 385 g/mol. The molecule has 0 aliphatic carbocycles. The molecule has 1 saturated heterocycles. The number of aromatic nitrogens is 1. The summed E-state index contributed by atoms with van der Waals surface area (Å²) in [5.41, 5.74) is -0.638. The molecule has 2 heterocycles. The third-order valence-corrected chi connectivity index (χ3v) is 4.84. The highest BCUT2D eigenvalue weighted by Crippen LogP contribution is 2.28. The number of carbonyl (C=O) groups excluding carboxylic acids is 1. The Bertz CT molecular complexity index is 966. The van der Waals surface area contributed by atoms with Gasteiger partial charge in [-0.25, -0.2) is 0 Å². The van der Waals surface area contributed by atoms with Crippen molar-refractivity contribution in [2.75, 3.05) is 19.6 Å². The van der Waals surface area contributed by atoms with E-state index in [1.165, 1.54) is 4.90 Å². The zero-order valence-corrected chi connectivity index (χ0v) is 15.5. The van der Waals surface area contributed by atoms with Crippen molar-refractivity contribution in [3.63, 3.8) is 0 Å². The van der Waals surface area contributed by atoms with E-state index in [0.29, 0.717) is 31.9 Å². The van der Waals surface area contributed by atoms with E-state index in [9.17, 15) is 28.0 Å². The SMILES string of the molecule is N#CC1CN(C(=O)Cn2cc(C(F)(F)F)ccc2=O)CCN1Cc1ccccc1. The van der Waals surface area contributed by atoms with Gasteiger partial charge in [0.05, 0.1) is 11.6 Å². The second-order valence-corrected chi connectivity index (χ2v) is 6.82. The summed E-state index contributed by atoms with van der Waals surface area (Å²) >= 11 is 0. The molecule has 0 N–H and O–H groups in total. The zero-order chi connectivity index (χ0) is 21.0. The third-order valence-electron chi connectivity index (χ3n) is 4.84. The number of carbonyl (C=O) groups is 1. The topological polar surface area (TPSA) is 69.3 Å². The van der Waals surface area contributed by atoms with Crippen molar-refractivity contribution in [3.05, 3.63) is 70.1 Å². The maximum Gasteiger partial charge on any atom is 0.417 e. The second kappa shape index (κ2) is 8.49. The van der Waals surface area contributed by atoms with Crippen LogP contribution in [0, 0.1) is 11.3 Å². The van der Waals surface area contributed by atoms with Gasteiger partial charge < -0.3 is 9.47 Å². The summed E-state index contributed by atoms with van der Waals surface area (Å²) in [6.07, 6.45) is -3.96. The molecule has 0 spiro atoms. The monoisotopic (exact) mass is 404 g/mol. The largest absolute Gasteiger partial charge is 0.417 e. The maximum absolute atomic E-state index is 12.9. The minimum Gasteiger partial charge on any atom is -0.337 e. The summed E-state index contributed by atoms with van der Waals surface area (Å²) < 4.78 is 39.3. The molecule has 9 heteroatoms. The van der Waals surface area contributed by atoms with E-state index in [-0.39, 0.29) is 6.54 Å². The molecular formula is C20H19F3N4O2. The molecule has 3 rings (SSSR count). The van der Waals surface area contributed by atoms with E-state index < -0.39 is 35.8 Å². The lowest BCUT2D eigenvalue weighted by atomic mass is 10.1. The second-order valence-electron chi connectivity index (χ2n) is 6.82. The first-order valence-corrected chi connectivity index (χ1v) is 9.01. The van der Waals surface area contributed by atoms with Gasteiger partial charge in [0.15, 0.2) is 0 Å². The molecule has 1 amide bonds. The molecule has 0 bridgehead atoms. The van der Waals surface area contributed by atoms with Gasteiger partial charge in [-0.15, -0.1) is 0 Å². The molecule has 1 fully saturated rings. The highest BCUT2D eigenvalue weighted by atomic mass is 19.4. The number of alkyl halides is 3. The fourth-order valence-corrected chi connectivity index (χ4v) is 3.24. The van der Waals surface area contributed by atoms with Gasteiger partial charge >= 0.3 is 6.18 Å². The molecule has 1 unspecified atom stereocenters. The van der Waals surface area contributed by atoms with Crippen LogP contribution < -0.4 is 5.56 Å². The molecule has 6 nitrogen and oxygen atoms in total. The van der Waals surface area contributed by atoms with E-state index in [1.807, 2.05) is 35.2 Å². The Morgan fingerprint density at radius 3 is 2.52 bits per heavy atom. The number of halogens is 3. The molecule has 1 aliphatic heterocycles. The average Bonchev–Trinajstić information content (AvgIpc) is 2.69. The van der Waals surface area contributed by atoms with E-state index >= 15 is 0 Å². The van der Waals surface area contributed by atoms with Crippen molar-refractivity contribution in [3.8, 4) is 6.07 Å². The zero-order valence-electron chi connectivity index (χ0n) is 15.5. The van der Waals surface area contributed by atoms with Crippen molar-refractivity contribution < 1.29 is 18.0 Å². The highest BCUT2D eigenvalue weighted by Gasteiger charge is 2.32. The van der Waals surface area contributed by atoms with E-state index in [1.54, 1.807) is 0 Å². The molecule has 29 heavy (non-hydrogen) atoms. The molecule has 1 atom stereocenters. The summed E-state index contributed by atoms with van der Waals surface area (Å²) in [6.45, 7) is 0.984. The lowest BCUT2D eigenvalue weighted by Gasteiger charge is -2.38. The Labute approximate surface area is 165 Å². The van der Waals surface area contributed by atoms with Crippen LogP contribution in [0.15, 0.2) is 53.5 Å². The number of piperazine rings is 1. The number of hydrogen-bond acceptors (Lipinski definition) is 4. The van der Waals surface area contributed by atoms with Crippen LogP contribution in [0.2, 0.25) is 0 Å². The minimum atomic E-state index is -4.60. The van der Waals surface area contributed by atoms with Crippen LogP contribution >= 0.6 is 0 Å². The van der Waals surface area contributed by atoms with E-state index in [2.05, 4.69) is 6.07 Å². The van der Waals surface area contributed by atoms with Gasteiger partial charge in [-0.3, -0.25) is 14.5 Å². The first kappa shape index (κ1) is 20.6. The number of hydrogen-bond donors (Lipinski definition) is 0. The van der Waals surface area contributed by atoms with Crippen molar-refractivity contribution in [2.45, 2.75) is 25.3 Å². The van der Waals surface area contributed by atoms with Crippen LogP contribution in [-0.4, -0.2) is 46.0 Å². The Hall–Kier alpha value is -3.12. The quantitative estimate of drug-likeness (QED) is 0.783. The highest BCUT2D eigenvalue weighted by molar-refractivity contribution is 5.76. The van der Waals surface area contributed by atoms with Crippen molar-refractivity contribution in [1.82, 2.24) is 14.4 Å². The molecule has 0 saturated carbocycles.